The number of hydrogen-bond acceptors (Lipinski definition) is 3. The normalized spacial score (nSPS) is 16.7. The van der Waals surface area contributed by atoms with Crippen LogP contribution in [0.2, 0.25) is 0 Å². The van der Waals surface area contributed by atoms with Crippen LogP contribution in [0, 0.1) is 0 Å². The first kappa shape index (κ1) is 10.5. The highest BCUT2D eigenvalue weighted by molar-refractivity contribution is 8.54. The molecule has 0 saturated heterocycles. The highest BCUT2D eigenvalue weighted by Gasteiger charge is 2.17. The molecule has 0 aromatic heterocycles. The molecule has 1 atom stereocenters. The van der Waals surface area contributed by atoms with Crippen LogP contribution >= 0.6 is 18.2 Å². The molecule has 0 radical (unpaired) electrons. The maximum atomic E-state index is 10.9. The highest BCUT2D eigenvalue weighted by atomic mass is 32.7. The summed E-state index contributed by atoms with van der Waals surface area (Å²) in [5, 5.41) is 0. The first-order chi connectivity index (χ1) is 4.62. The Morgan fingerprint density at radius 2 is 2.20 bits per heavy atom. The minimum Gasteiger partial charge on any atom is -0.316 e. The van der Waals surface area contributed by atoms with Crippen molar-refractivity contribution in [1.29, 1.82) is 0 Å². The summed E-state index contributed by atoms with van der Waals surface area (Å²) in [5.74, 6) is 0.609. The SMILES string of the molecule is CCCOP(=O)(O)SCC. The van der Waals surface area contributed by atoms with Crippen molar-refractivity contribution in [2.75, 3.05) is 12.4 Å². The maximum absolute atomic E-state index is 10.9. The molecule has 10 heavy (non-hydrogen) atoms. The van der Waals surface area contributed by atoms with Gasteiger partial charge in [0.2, 0.25) is 0 Å². The van der Waals surface area contributed by atoms with Crippen LogP contribution in [0.1, 0.15) is 20.3 Å². The maximum Gasteiger partial charge on any atom is 0.386 e. The fourth-order valence-corrected chi connectivity index (χ4v) is 2.65. The van der Waals surface area contributed by atoms with Crippen LogP contribution in [-0.4, -0.2) is 17.3 Å². The molecule has 0 rings (SSSR count). The second kappa shape index (κ2) is 5.19. The van der Waals surface area contributed by atoms with Gasteiger partial charge in [-0.05, 0) is 17.8 Å². The van der Waals surface area contributed by atoms with Gasteiger partial charge >= 0.3 is 6.80 Å². The summed E-state index contributed by atoms with van der Waals surface area (Å²) in [4.78, 5) is 8.94. The lowest BCUT2D eigenvalue weighted by Gasteiger charge is -2.07. The van der Waals surface area contributed by atoms with Crippen LogP contribution in [0.4, 0.5) is 0 Å². The van der Waals surface area contributed by atoms with E-state index in [-0.39, 0.29) is 0 Å². The zero-order chi connectivity index (χ0) is 8.04. The van der Waals surface area contributed by atoms with Crippen molar-refractivity contribution in [3.8, 4) is 0 Å². The third-order valence-electron chi connectivity index (χ3n) is 0.751. The molecular weight excluding hydrogens is 171 g/mol. The molecule has 62 valence electrons. The van der Waals surface area contributed by atoms with E-state index in [1.807, 2.05) is 13.8 Å². The topological polar surface area (TPSA) is 46.5 Å². The molecule has 0 aromatic carbocycles. The molecule has 1 N–H and O–H groups in total. The van der Waals surface area contributed by atoms with Crippen molar-refractivity contribution in [2.45, 2.75) is 20.3 Å². The van der Waals surface area contributed by atoms with E-state index < -0.39 is 6.80 Å². The van der Waals surface area contributed by atoms with Gasteiger partial charge in [-0.1, -0.05) is 13.8 Å². The van der Waals surface area contributed by atoms with Gasteiger partial charge in [0.05, 0.1) is 6.61 Å². The van der Waals surface area contributed by atoms with Crippen molar-refractivity contribution in [3.63, 3.8) is 0 Å². The van der Waals surface area contributed by atoms with Gasteiger partial charge < -0.3 is 9.42 Å². The molecule has 3 nitrogen and oxygen atoms in total. The molecule has 0 aliphatic carbocycles. The summed E-state index contributed by atoms with van der Waals surface area (Å²) in [5.41, 5.74) is 0. The van der Waals surface area contributed by atoms with Gasteiger partial charge in [-0.25, -0.2) is 4.57 Å². The van der Waals surface area contributed by atoms with Gasteiger partial charge in [-0.3, -0.25) is 0 Å². The first-order valence-corrected chi connectivity index (χ1v) is 6.41. The second-order valence-corrected chi connectivity index (χ2v) is 5.91. The molecule has 0 heterocycles. The number of hydrogen-bond donors (Lipinski definition) is 1. The van der Waals surface area contributed by atoms with Gasteiger partial charge in [0.25, 0.3) is 0 Å². The Bertz CT molecular complexity index is 128. The third-order valence-corrected chi connectivity index (χ3v) is 3.91. The molecule has 0 aliphatic rings. The van der Waals surface area contributed by atoms with Gasteiger partial charge in [-0.2, -0.15) is 0 Å². The Morgan fingerprint density at radius 1 is 1.60 bits per heavy atom. The molecule has 0 amide bonds. The van der Waals surface area contributed by atoms with E-state index in [1.54, 1.807) is 0 Å². The Labute approximate surface area is 65.4 Å². The monoisotopic (exact) mass is 184 g/mol. The lowest BCUT2D eigenvalue weighted by Crippen LogP contribution is -1.87. The van der Waals surface area contributed by atoms with Crippen molar-refractivity contribution < 1.29 is 14.0 Å². The molecule has 5 heteroatoms. The lowest BCUT2D eigenvalue weighted by molar-refractivity contribution is 0.276. The van der Waals surface area contributed by atoms with Gasteiger partial charge in [0.15, 0.2) is 0 Å². The van der Waals surface area contributed by atoms with Gasteiger partial charge in [0, 0.05) is 5.75 Å². The van der Waals surface area contributed by atoms with E-state index in [4.69, 9.17) is 9.42 Å². The van der Waals surface area contributed by atoms with E-state index in [0.717, 1.165) is 17.8 Å². The molecule has 0 spiro atoms. The highest BCUT2D eigenvalue weighted by Crippen LogP contribution is 2.55. The average molecular weight is 184 g/mol. The van der Waals surface area contributed by atoms with E-state index in [2.05, 4.69) is 0 Å². The van der Waals surface area contributed by atoms with Crippen molar-refractivity contribution >= 4 is 18.2 Å². The van der Waals surface area contributed by atoms with E-state index in [0.29, 0.717) is 12.4 Å². The summed E-state index contributed by atoms with van der Waals surface area (Å²) in [6, 6.07) is 0. The molecule has 1 unspecified atom stereocenters. The van der Waals surface area contributed by atoms with E-state index in [9.17, 15) is 4.57 Å². The summed E-state index contributed by atoms with van der Waals surface area (Å²) < 4.78 is 15.6. The van der Waals surface area contributed by atoms with Crippen LogP contribution < -0.4 is 0 Å². The summed E-state index contributed by atoms with van der Waals surface area (Å²) in [7, 11) is 0. The summed E-state index contributed by atoms with van der Waals surface area (Å²) >= 11 is 0.962. The Kier molecular flexibility index (Phi) is 5.45. The molecule has 0 fully saturated rings. The Morgan fingerprint density at radius 3 is 2.60 bits per heavy atom. The quantitative estimate of drug-likeness (QED) is 0.666. The van der Waals surface area contributed by atoms with Crippen molar-refractivity contribution in [3.05, 3.63) is 0 Å². The van der Waals surface area contributed by atoms with Crippen LogP contribution in [0.5, 0.6) is 0 Å². The lowest BCUT2D eigenvalue weighted by atomic mass is 10.5. The first-order valence-electron chi connectivity index (χ1n) is 3.24. The zero-order valence-electron chi connectivity index (χ0n) is 6.24. The largest absolute Gasteiger partial charge is 0.386 e. The van der Waals surface area contributed by atoms with Gasteiger partial charge in [-0.15, -0.1) is 0 Å². The predicted molar refractivity (Wildman–Crippen MR) is 44.2 cm³/mol. The van der Waals surface area contributed by atoms with Crippen molar-refractivity contribution in [2.24, 2.45) is 0 Å². The van der Waals surface area contributed by atoms with Crippen molar-refractivity contribution in [1.82, 2.24) is 0 Å². The third kappa shape index (κ3) is 5.30. The summed E-state index contributed by atoms with van der Waals surface area (Å²) in [6.07, 6.45) is 0.773. The Balaban J connectivity index is 3.53. The predicted octanol–water partition coefficient (Wildman–Crippen LogP) is 2.27. The van der Waals surface area contributed by atoms with E-state index in [1.165, 1.54) is 0 Å². The minimum absolute atomic E-state index is 0.362. The fourth-order valence-electron chi connectivity index (χ4n) is 0.407. The van der Waals surface area contributed by atoms with Crippen LogP contribution in [0.25, 0.3) is 0 Å². The standard InChI is InChI=1S/C5H13O3PS/c1-3-5-8-9(6,7)10-4-2/h3-5H2,1-2H3,(H,6,7). The molecular formula is C5H13O3PS. The molecule has 0 aliphatic heterocycles. The smallest absolute Gasteiger partial charge is 0.316 e. The second-order valence-electron chi connectivity index (χ2n) is 1.72. The van der Waals surface area contributed by atoms with Gasteiger partial charge in [0.1, 0.15) is 0 Å². The molecule has 0 saturated carbocycles. The fraction of sp³-hybridized carbons (Fsp3) is 1.00. The summed E-state index contributed by atoms with van der Waals surface area (Å²) in [6.45, 7) is 0.791. The minimum atomic E-state index is -3.29. The van der Waals surface area contributed by atoms with Crippen LogP contribution in [0.3, 0.4) is 0 Å². The zero-order valence-corrected chi connectivity index (χ0v) is 7.95. The molecule has 0 aromatic rings. The van der Waals surface area contributed by atoms with E-state index >= 15 is 0 Å². The van der Waals surface area contributed by atoms with Crippen LogP contribution in [0.15, 0.2) is 0 Å². The average Bonchev–Trinajstić information content (AvgIpc) is 1.84. The van der Waals surface area contributed by atoms with Crippen LogP contribution in [-0.2, 0) is 9.09 Å². The molecule has 0 bridgehead atoms. The Hall–Kier alpha value is 0.500. The number of rotatable bonds is 5.